The van der Waals surface area contributed by atoms with Crippen molar-refractivity contribution in [3.05, 3.63) is 23.8 Å². The number of fused-ring (bicyclic) bond motifs is 5. The fourth-order valence-electron chi connectivity index (χ4n) is 9.92. The molecular weight excluding hydrogens is 432 g/mol. The zero-order valence-electron chi connectivity index (χ0n) is 23.9. The van der Waals surface area contributed by atoms with Gasteiger partial charge in [0.25, 0.3) is 0 Å². The number of ether oxygens (including phenoxy) is 1. The molecule has 35 heavy (non-hydrogen) atoms. The van der Waals surface area contributed by atoms with Crippen molar-refractivity contribution in [2.24, 2.45) is 45.3 Å². The summed E-state index contributed by atoms with van der Waals surface area (Å²) >= 11 is 0. The lowest BCUT2D eigenvalue weighted by Crippen LogP contribution is -2.58. The molecule has 0 bridgehead atoms. The van der Waals surface area contributed by atoms with Gasteiger partial charge in [0.1, 0.15) is 6.10 Å². The van der Waals surface area contributed by atoms with E-state index in [-0.39, 0.29) is 34.4 Å². The summed E-state index contributed by atoms with van der Waals surface area (Å²) in [5.74, 6) is 2.40. The third kappa shape index (κ3) is 4.07. The van der Waals surface area contributed by atoms with Crippen molar-refractivity contribution >= 4 is 5.97 Å². The first-order valence-corrected chi connectivity index (χ1v) is 14.4. The summed E-state index contributed by atoms with van der Waals surface area (Å²) in [4.78, 5) is 11.8. The van der Waals surface area contributed by atoms with Crippen LogP contribution in [-0.2, 0) is 9.53 Å². The first-order chi connectivity index (χ1) is 16.2. The van der Waals surface area contributed by atoms with Crippen LogP contribution in [0.1, 0.15) is 113 Å². The first-order valence-electron chi connectivity index (χ1n) is 14.4. The van der Waals surface area contributed by atoms with Crippen LogP contribution in [0.25, 0.3) is 0 Å². The van der Waals surface area contributed by atoms with Crippen molar-refractivity contribution in [2.75, 3.05) is 0 Å². The molecule has 9 atom stereocenters. The molecule has 4 rings (SSSR count). The monoisotopic (exact) mass is 484 g/mol. The van der Waals surface area contributed by atoms with Crippen molar-refractivity contribution in [1.82, 2.24) is 0 Å². The van der Waals surface area contributed by atoms with E-state index in [2.05, 4.69) is 54.2 Å². The molecule has 0 aromatic rings. The van der Waals surface area contributed by atoms with Crippen LogP contribution < -0.4 is 0 Å². The Morgan fingerprint density at radius 1 is 1.09 bits per heavy atom. The minimum atomic E-state index is -0.364. The van der Waals surface area contributed by atoms with E-state index in [4.69, 9.17) is 4.74 Å². The van der Waals surface area contributed by atoms with Crippen molar-refractivity contribution in [2.45, 2.75) is 125 Å². The number of rotatable bonds is 6. The zero-order chi connectivity index (χ0) is 26.0. The largest absolute Gasteiger partial charge is 0.462 e. The van der Waals surface area contributed by atoms with E-state index in [1.165, 1.54) is 25.7 Å². The van der Waals surface area contributed by atoms with Gasteiger partial charge in [-0.3, -0.25) is 4.79 Å². The highest BCUT2D eigenvalue weighted by Crippen LogP contribution is 2.73. The molecule has 3 heteroatoms. The second-order valence-corrected chi connectivity index (χ2v) is 14.3. The zero-order valence-corrected chi connectivity index (χ0v) is 23.9. The van der Waals surface area contributed by atoms with Crippen LogP contribution in [0.5, 0.6) is 0 Å². The summed E-state index contributed by atoms with van der Waals surface area (Å²) in [7, 11) is 0. The third-order valence-corrected chi connectivity index (χ3v) is 12.3. The number of carbonyl (C=O) groups excluding carboxylic acids is 1. The van der Waals surface area contributed by atoms with Crippen LogP contribution in [0.15, 0.2) is 23.8 Å². The number of esters is 1. The summed E-state index contributed by atoms with van der Waals surface area (Å²) in [5, 5.41) is 10.3. The van der Waals surface area contributed by atoms with Gasteiger partial charge in [0.2, 0.25) is 0 Å². The summed E-state index contributed by atoms with van der Waals surface area (Å²) in [5.41, 5.74) is 3.54. The van der Waals surface area contributed by atoms with Crippen molar-refractivity contribution in [3.63, 3.8) is 0 Å². The van der Waals surface area contributed by atoms with Crippen LogP contribution in [0.4, 0.5) is 0 Å². The van der Waals surface area contributed by atoms with E-state index in [1.54, 1.807) is 12.5 Å². The molecule has 0 aromatic heterocycles. The van der Waals surface area contributed by atoms with E-state index in [0.717, 1.165) is 37.7 Å². The predicted octanol–water partition coefficient (Wildman–Crippen LogP) is 7.88. The minimum Gasteiger partial charge on any atom is -0.462 e. The van der Waals surface area contributed by atoms with Crippen LogP contribution >= 0.6 is 0 Å². The topological polar surface area (TPSA) is 46.5 Å². The smallest absolute Gasteiger partial charge is 0.302 e. The normalized spacial score (nSPS) is 43.7. The van der Waals surface area contributed by atoms with E-state index in [0.29, 0.717) is 29.1 Å². The average molecular weight is 485 g/mol. The maximum atomic E-state index is 11.8. The van der Waals surface area contributed by atoms with Gasteiger partial charge in [-0.15, -0.1) is 0 Å². The molecule has 3 saturated carbocycles. The summed E-state index contributed by atoms with van der Waals surface area (Å²) in [6, 6.07) is 0. The molecule has 4 aliphatic carbocycles. The van der Waals surface area contributed by atoms with E-state index >= 15 is 0 Å². The summed E-state index contributed by atoms with van der Waals surface area (Å²) in [6.07, 6.45) is 12.7. The van der Waals surface area contributed by atoms with Crippen LogP contribution in [-0.4, -0.2) is 23.3 Å². The molecule has 4 aliphatic rings. The number of carbonyl (C=O) groups is 1. The lowest BCUT2D eigenvalue weighted by molar-refractivity contribution is -0.174. The Hall–Kier alpha value is -1.09. The van der Waals surface area contributed by atoms with Gasteiger partial charge in [0.15, 0.2) is 0 Å². The number of aliphatic hydroxyl groups is 1. The highest BCUT2D eigenvalue weighted by Gasteiger charge is 2.65. The minimum absolute atomic E-state index is 0.000794. The molecule has 3 nitrogen and oxygen atoms in total. The third-order valence-electron chi connectivity index (χ3n) is 12.3. The van der Waals surface area contributed by atoms with Crippen LogP contribution in [0.2, 0.25) is 0 Å². The number of hydrogen-bond donors (Lipinski definition) is 1. The quantitative estimate of drug-likeness (QED) is 0.308. The summed E-state index contributed by atoms with van der Waals surface area (Å²) < 4.78 is 5.85. The Bertz CT molecular complexity index is 885. The Balaban J connectivity index is 1.59. The van der Waals surface area contributed by atoms with Crippen molar-refractivity contribution < 1.29 is 14.6 Å². The molecule has 0 saturated heterocycles. The number of hydrogen-bond acceptors (Lipinski definition) is 3. The Morgan fingerprint density at radius 2 is 1.77 bits per heavy atom. The van der Waals surface area contributed by atoms with Gasteiger partial charge < -0.3 is 9.84 Å². The van der Waals surface area contributed by atoms with Gasteiger partial charge in [0.05, 0.1) is 6.10 Å². The maximum Gasteiger partial charge on any atom is 0.302 e. The van der Waals surface area contributed by atoms with Gasteiger partial charge >= 0.3 is 5.97 Å². The molecule has 0 radical (unpaired) electrons. The molecule has 0 unspecified atom stereocenters. The second-order valence-electron chi connectivity index (χ2n) is 14.3. The molecule has 0 spiro atoms. The van der Waals surface area contributed by atoms with Crippen LogP contribution in [0.3, 0.4) is 0 Å². The predicted molar refractivity (Wildman–Crippen MR) is 144 cm³/mol. The van der Waals surface area contributed by atoms with Gasteiger partial charge in [-0.25, -0.2) is 0 Å². The van der Waals surface area contributed by atoms with Gasteiger partial charge in [-0.2, -0.15) is 0 Å². The fourth-order valence-corrected chi connectivity index (χ4v) is 9.92. The number of aliphatic hydroxyl groups excluding tert-OH is 1. The highest BCUT2D eigenvalue weighted by molar-refractivity contribution is 5.66. The Kier molecular flexibility index (Phi) is 6.96. The lowest BCUT2D eigenvalue weighted by atomic mass is 9.41. The second kappa shape index (κ2) is 9.03. The molecule has 0 aliphatic heterocycles. The van der Waals surface area contributed by atoms with Crippen molar-refractivity contribution in [1.29, 1.82) is 0 Å². The Morgan fingerprint density at radius 3 is 2.40 bits per heavy atom. The van der Waals surface area contributed by atoms with Crippen molar-refractivity contribution in [3.8, 4) is 0 Å². The molecule has 0 aromatic carbocycles. The molecule has 0 heterocycles. The molecule has 0 amide bonds. The highest BCUT2D eigenvalue weighted by atomic mass is 16.5. The van der Waals surface area contributed by atoms with E-state index in [9.17, 15) is 9.90 Å². The van der Waals surface area contributed by atoms with Crippen LogP contribution in [0, 0.1) is 45.3 Å². The first kappa shape index (κ1) is 27.0. The SMILES string of the molecule is C=C(C)[C@H](O)CC[C@H](C)[C@@H]1CC[C@]2(C)C3=CC[C@H]4C(C)(C)[C@@H](OC(C)=O)CC[C@]4(C)[C@H]3CC[C@@]12C. The van der Waals surface area contributed by atoms with Gasteiger partial charge in [0, 0.05) is 12.3 Å². The molecule has 1 N–H and O–H groups in total. The standard InChI is InChI=1S/C32H52O3/c1-20(2)26(34)12-10-21(3)23-14-18-32(9)25-11-13-27-29(5,6)28(35-22(4)33)16-17-30(27,7)24(25)15-19-31(23,32)8/h11,21,23-24,26-28,34H,1,10,12-19H2,2-9H3/t21-,23-,24-,26+,27-,28-,30+,31-,32+/m0/s1. The van der Waals surface area contributed by atoms with Gasteiger partial charge in [-0.05, 0) is 105 Å². The Labute approximate surface area is 215 Å². The molecule has 3 fully saturated rings. The average Bonchev–Trinajstić information content (AvgIpc) is 3.05. The molecule has 198 valence electrons. The molecular formula is C32H52O3. The maximum absolute atomic E-state index is 11.8. The fraction of sp³-hybridized carbons (Fsp3) is 0.844. The van der Waals surface area contributed by atoms with Gasteiger partial charge in [-0.1, -0.05) is 65.3 Å². The lowest BCUT2D eigenvalue weighted by Gasteiger charge is -2.64. The summed E-state index contributed by atoms with van der Waals surface area (Å²) in [6.45, 7) is 22.4. The van der Waals surface area contributed by atoms with E-state index < -0.39 is 0 Å². The van der Waals surface area contributed by atoms with E-state index in [1.807, 2.05) is 6.92 Å². The number of allylic oxidation sites excluding steroid dienone is 2.